The van der Waals surface area contributed by atoms with Crippen molar-refractivity contribution in [3.63, 3.8) is 0 Å². The van der Waals surface area contributed by atoms with Gasteiger partial charge in [-0.2, -0.15) is 0 Å². The fourth-order valence-corrected chi connectivity index (χ4v) is 1.72. The van der Waals surface area contributed by atoms with Crippen LogP contribution in [0.25, 0.3) is 0 Å². The summed E-state index contributed by atoms with van der Waals surface area (Å²) in [6.45, 7) is -0.123. The predicted molar refractivity (Wildman–Crippen MR) is 66.8 cm³/mol. The van der Waals surface area contributed by atoms with Gasteiger partial charge in [0.25, 0.3) is 5.91 Å². The van der Waals surface area contributed by atoms with E-state index in [0.29, 0.717) is 15.8 Å². The third-order valence-electron chi connectivity index (χ3n) is 2.14. The number of likely N-dealkylation sites (N-methyl/N-ethyl adjacent to an activating group) is 1. The van der Waals surface area contributed by atoms with Crippen LogP contribution in [-0.2, 0) is 4.79 Å². The minimum atomic E-state index is -0.556. The van der Waals surface area contributed by atoms with Crippen LogP contribution in [-0.4, -0.2) is 37.4 Å². The number of hydrogen-bond donors (Lipinski definition) is 1. The maximum atomic E-state index is 12.0. The average Bonchev–Trinajstić information content (AvgIpc) is 2.28. The van der Waals surface area contributed by atoms with Gasteiger partial charge in [0, 0.05) is 11.5 Å². The Morgan fingerprint density at radius 3 is 2.65 bits per heavy atom. The van der Waals surface area contributed by atoms with Crippen LogP contribution in [0.15, 0.2) is 22.7 Å². The summed E-state index contributed by atoms with van der Waals surface area (Å²) in [5.41, 5.74) is 5.46. The first-order chi connectivity index (χ1) is 7.95. The molecule has 1 aromatic carbocycles. The van der Waals surface area contributed by atoms with Crippen molar-refractivity contribution in [1.82, 2.24) is 4.90 Å². The summed E-state index contributed by atoms with van der Waals surface area (Å²) in [7, 11) is 3.03. The molecule has 6 heteroatoms. The second-order valence-electron chi connectivity index (χ2n) is 3.47. The van der Waals surface area contributed by atoms with Gasteiger partial charge in [-0.25, -0.2) is 0 Å². The lowest BCUT2D eigenvalue weighted by Crippen LogP contribution is -2.35. The molecule has 2 N–H and O–H groups in total. The third kappa shape index (κ3) is 3.45. The van der Waals surface area contributed by atoms with Crippen molar-refractivity contribution >= 4 is 27.7 Å². The smallest absolute Gasteiger partial charge is 0.255 e. The Bertz CT molecular complexity index is 448. The zero-order valence-electron chi connectivity index (χ0n) is 9.57. The molecule has 0 saturated heterocycles. The molecular weight excluding hydrogens is 288 g/mol. The first kappa shape index (κ1) is 13.5. The summed E-state index contributed by atoms with van der Waals surface area (Å²) in [4.78, 5) is 24.0. The third-order valence-corrected chi connectivity index (χ3v) is 2.84. The summed E-state index contributed by atoms with van der Waals surface area (Å²) in [5, 5.41) is 0. The van der Waals surface area contributed by atoms with Crippen molar-refractivity contribution < 1.29 is 14.3 Å². The molecule has 0 spiro atoms. The molecule has 0 aliphatic carbocycles. The van der Waals surface area contributed by atoms with Crippen LogP contribution >= 0.6 is 15.9 Å². The Morgan fingerprint density at radius 2 is 2.12 bits per heavy atom. The first-order valence-electron chi connectivity index (χ1n) is 4.83. The van der Waals surface area contributed by atoms with Gasteiger partial charge >= 0.3 is 0 Å². The largest absolute Gasteiger partial charge is 0.497 e. The summed E-state index contributed by atoms with van der Waals surface area (Å²) in [5.74, 6) is -0.279. The van der Waals surface area contributed by atoms with Crippen LogP contribution in [0.2, 0.25) is 0 Å². The molecule has 0 heterocycles. The Morgan fingerprint density at radius 1 is 1.47 bits per heavy atom. The van der Waals surface area contributed by atoms with E-state index < -0.39 is 5.91 Å². The minimum absolute atomic E-state index is 0.123. The SMILES string of the molecule is COc1ccc(Br)c(C(=O)N(C)CC(N)=O)c1. The number of methoxy groups -OCH3 is 1. The molecule has 2 amide bonds. The van der Waals surface area contributed by atoms with E-state index in [2.05, 4.69) is 15.9 Å². The maximum Gasteiger partial charge on any atom is 0.255 e. The predicted octanol–water partition coefficient (Wildman–Crippen LogP) is 1.02. The van der Waals surface area contributed by atoms with E-state index in [0.717, 1.165) is 0 Å². The van der Waals surface area contributed by atoms with Gasteiger partial charge in [0.1, 0.15) is 5.75 Å². The summed E-state index contributed by atoms with van der Waals surface area (Å²) in [6, 6.07) is 5.04. The Labute approximate surface area is 108 Å². The topological polar surface area (TPSA) is 72.6 Å². The fourth-order valence-electron chi connectivity index (χ4n) is 1.31. The summed E-state index contributed by atoms with van der Waals surface area (Å²) < 4.78 is 5.68. The number of nitrogens with two attached hydrogens (primary N) is 1. The molecule has 5 nitrogen and oxygen atoms in total. The highest BCUT2D eigenvalue weighted by Crippen LogP contribution is 2.23. The van der Waals surface area contributed by atoms with E-state index in [-0.39, 0.29) is 12.5 Å². The Balaban J connectivity index is 2.98. The van der Waals surface area contributed by atoms with Gasteiger partial charge in [0.15, 0.2) is 0 Å². The lowest BCUT2D eigenvalue weighted by Gasteiger charge is -2.16. The first-order valence-corrected chi connectivity index (χ1v) is 5.62. The number of nitrogens with zero attached hydrogens (tertiary/aromatic N) is 1. The monoisotopic (exact) mass is 300 g/mol. The standard InChI is InChI=1S/C11H13BrN2O3/c1-14(6-10(13)15)11(16)8-5-7(17-2)3-4-9(8)12/h3-5H,6H2,1-2H3,(H2,13,15). The second-order valence-corrected chi connectivity index (χ2v) is 4.33. The van der Waals surface area contributed by atoms with Crippen LogP contribution in [0.4, 0.5) is 0 Å². The van der Waals surface area contributed by atoms with E-state index >= 15 is 0 Å². The second kappa shape index (κ2) is 5.67. The molecule has 0 fully saturated rings. The Kier molecular flexibility index (Phi) is 4.51. The molecular formula is C11H13BrN2O3. The van der Waals surface area contributed by atoms with Crippen molar-refractivity contribution in [3.05, 3.63) is 28.2 Å². The van der Waals surface area contributed by atoms with Crippen LogP contribution < -0.4 is 10.5 Å². The van der Waals surface area contributed by atoms with Gasteiger partial charge in [-0.15, -0.1) is 0 Å². The van der Waals surface area contributed by atoms with Crippen LogP contribution in [0, 0.1) is 0 Å². The highest BCUT2D eigenvalue weighted by molar-refractivity contribution is 9.10. The van der Waals surface area contributed by atoms with E-state index in [9.17, 15) is 9.59 Å². The maximum absolute atomic E-state index is 12.0. The number of amides is 2. The number of carbonyl (C=O) groups is 2. The molecule has 17 heavy (non-hydrogen) atoms. The van der Waals surface area contributed by atoms with Gasteiger partial charge in [0.05, 0.1) is 19.2 Å². The van der Waals surface area contributed by atoms with Gasteiger partial charge < -0.3 is 15.4 Å². The number of primary amides is 1. The molecule has 0 radical (unpaired) electrons. The molecule has 0 aliphatic rings. The van der Waals surface area contributed by atoms with Gasteiger partial charge in [0.2, 0.25) is 5.91 Å². The van der Waals surface area contributed by atoms with E-state index in [1.807, 2.05) is 0 Å². The molecule has 0 aliphatic heterocycles. The fraction of sp³-hybridized carbons (Fsp3) is 0.273. The zero-order valence-corrected chi connectivity index (χ0v) is 11.2. The van der Waals surface area contributed by atoms with Gasteiger partial charge in [-0.05, 0) is 34.1 Å². The molecule has 0 saturated carbocycles. The molecule has 1 aromatic rings. The van der Waals surface area contributed by atoms with Crippen molar-refractivity contribution in [3.8, 4) is 5.75 Å². The average molecular weight is 301 g/mol. The van der Waals surface area contributed by atoms with E-state index in [4.69, 9.17) is 10.5 Å². The minimum Gasteiger partial charge on any atom is -0.497 e. The zero-order chi connectivity index (χ0) is 13.0. The van der Waals surface area contributed by atoms with E-state index in [1.165, 1.54) is 19.1 Å². The molecule has 92 valence electrons. The van der Waals surface area contributed by atoms with Crippen LogP contribution in [0.3, 0.4) is 0 Å². The van der Waals surface area contributed by atoms with Crippen LogP contribution in [0.1, 0.15) is 10.4 Å². The lowest BCUT2D eigenvalue weighted by atomic mass is 10.2. The van der Waals surface area contributed by atoms with Gasteiger partial charge in [-0.1, -0.05) is 0 Å². The number of benzene rings is 1. The van der Waals surface area contributed by atoms with Crippen LogP contribution in [0.5, 0.6) is 5.75 Å². The summed E-state index contributed by atoms with van der Waals surface area (Å²) >= 11 is 3.28. The number of rotatable bonds is 4. The lowest BCUT2D eigenvalue weighted by molar-refractivity contribution is -0.118. The quantitative estimate of drug-likeness (QED) is 0.902. The van der Waals surface area contributed by atoms with Crippen molar-refractivity contribution in [2.24, 2.45) is 5.73 Å². The molecule has 1 rings (SSSR count). The number of carbonyl (C=O) groups excluding carboxylic acids is 2. The van der Waals surface area contributed by atoms with Crippen molar-refractivity contribution in [2.75, 3.05) is 20.7 Å². The van der Waals surface area contributed by atoms with Crippen molar-refractivity contribution in [2.45, 2.75) is 0 Å². The molecule has 0 bridgehead atoms. The molecule has 0 atom stereocenters. The summed E-state index contributed by atoms with van der Waals surface area (Å²) in [6.07, 6.45) is 0. The number of halogens is 1. The normalized spacial score (nSPS) is 9.82. The molecule has 0 aromatic heterocycles. The van der Waals surface area contributed by atoms with E-state index in [1.54, 1.807) is 18.2 Å². The van der Waals surface area contributed by atoms with Crippen molar-refractivity contribution in [1.29, 1.82) is 0 Å². The Hall–Kier alpha value is -1.56. The number of ether oxygens (including phenoxy) is 1. The van der Waals surface area contributed by atoms with Gasteiger partial charge in [-0.3, -0.25) is 9.59 Å². The number of hydrogen-bond acceptors (Lipinski definition) is 3. The highest BCUT2D eigenvalue weighted by atomic mass is 79.9. The molecule has 0 unspecified atom stereocenters. The highest BCUT2D eigenvalue weighted by Gasteiger charge is 2.17.